The Morgan fingerprint density at radius 1 is 1.21 bits per heavy atom. The molecule has 104 valence electrons. The Bertz CT molecular complexity index is 456. The smallest absolute Gasteiger partial charge is 0.254 e. The molecular weight excluding hydrogens is 258 g/mol. The molecule has 2 nitrogen and oxygen atoms in total. The van der Waals surface area contributed by atoms with Crippen molar-refractivity contribution < 1.29 is 4.79 Å². The maximum Gasteiger partial charge on any atom is 0.254 e. The molecule has 0 spiro atoms. The molecule has 1 aromatic rings. The minimum Gasteiger partial charge on any atom is -0.339 e. The summed E-state index contributed by atoms with van der Waals surface area (Å²) in [6.45, 7) is 7.97. The minimum atomic E-state index is -0.0168. The van der Waals surface area contributed by atoms with E-state index in [1.54, 1.807) is 0 Å². The summed E-state index contributed by atoms with van der Waals surface area (Å²) in [4.78, 5) is 14.6. The Hall–Kier alpha value is -1.02. The van der Waals surface area contributed by atoms with Crippen molar-refractivity contribution in [1.82, 2.24) is 4.90 Å². The molecule has 0 saturated carbocycles. The van der Waals surface area contributed by atoms with Gasteiger partial charge in [0.2, 0.25) is 0 Å². The van der Waals surface area contributed by atoms with Crippen LogP contribution < -0.4 is 0 Å². The Morgan fingerprint density at radius 2 is 1.79 bits per heavy atom. The highest BCUT2D eigenvalue weighted by Crippen LogP contribution is 2.27. The third kappa shape index (κ3) is 3.30. The fraction of sp³-hybridized carbons (Fsp3) is 0.562. The zero-order chi connectivity index (χ0) is 14.0. The van der Waals surface area contributed by atoms with Gasteiger partial charge in [-0.25, -0.2) is 0 Å². The summed E-state index contributed by atoms with van der Waals surface area (Å²) in [6, 6.07) is 7.94. The zero-order valence-corrected chi connectivity index (χ0v) is 12.7. The normalized spacial score (nSPS) is 17.6. The van der Waals surface area contributed by atoms with Crippen LogP contribution in [0.15, 0.2) is 24.3 Å². The van der Waals surface area contributed by atoms with Crippen molar-refractivity contribution in [3.8, 4) is 0 Å². The topological polar surface area (TPSA) is 20.3 Å². The predicted octanol–water partition coefficient (Wildman–Crippen LogP) is 3.83. The summed E-state index contributed by atoms with van der Waals surface area (Å²) in [6.07, 6.45) is 1.79. The molecular formula is C16H22ClNO. The van der Waals surface area contributed by atoms with Gasteiger partial charge in [0.15, 0.2) is 0 Å². The van der Waals surface area contributed by atoms with Gasteiger partial charge in [-0.15, -0.1) is 11.6 Å². The summed E-state index contributed by atoms with van der Waals surface area (Å²) in [5.74, 6) is 0.147. The quantitative estimate of drug-likeness (QED) is 0.716. The van der Waals surface area contributed by atoms with Gasteiger partial charge in [0.05, 0.1) is 0 Å². The van der Waals surface area contributed by atoms with Gasteiger partial charge in [-0.3, -0.25) is 4.79 Å². The average molecular weight is 280 g/mol. The largest absolute Gasteiger partial charge is 0.339 e. The Labute approximate surface area is 120 Å². The molecule has 1 amide bonds. The van der Waals surface area contributed by atoms with Gasteiger partial charge in [0.1, 0.15) is 0 Å². The van der Waals surface area contributed by atoms with E-state index < -0.39 is 0 Å². The van der Waals surface area contributed by atoms with Crippen LogP contribution in [0.4, 0.5) is 0 Å². The first-order valence-electron chi connectivity index (χ1n) is 6.92. The molecule has 1 aromatic carbocycles. The fourth-order valence-electron chi connectivity index (χ4n) is 2.55. The Balaban J connectivity index is 2.24. The molecule has 0 aromatic heterocycles. The number of alkyl halides is 1. The second kappa shape index (κ2) is 5.54. The van der Waals surface area contributed by atoms with E-state index in [4.69, 9.17) is 11.6 Å². The lowest BCUT2D eigenvalue weighted by molar-refractivity contribution is 0.0724. The van der Waals surface area contributed by atoms with E-state index in [0.717, 1.165) is 37.1 Å². The molecule has 1 aliphatic heterocycles. The van der Waals surface area contributed by atoms with Crippen LogP contribution in [0.5, 0.6) is 0 Å². The third-order valence-corrected chi connectivity index (χ3v) is 4.11. The number of amides is 1. The molecule has 0 radical (unpaired) electrons. The second-order valence-electron chi connectivity index (χ2n) is 6.26. The zero-order valence-electron chi connectivity index (χ0n) is 11.9. The van der Waals surface area contributed by atoms with E-state index in [1.807, 2.05) is 23.1 Å². The predicted molar refractivity (Wildman–Crippen MR) is 79.9 cm³/mol. The molecule has 1 aliphatic rings. The van der Waals surface area contributed by atoms with E-state index in [9.17, 15) is 4.79 Å². The number of carbonyl (C=O) groups is 1. The van der Waals surface area contributed by atoms with Gasteiger partial charge in [0.25, 0.3) is 5.91 Å². The van der Waals surface area contributed by atoms with Crippen molar-refractivity contribution in [2.45, 2.75) is 44.4 Å². The molecule has 0 atom stereocenters. The number of benzene rings is 1. The number of piperidine rings is 1. The number of carbonyl (C=O) groups excluding carboxylic acids is 1. The molecule has 0 unspecified atom stereocenters. The lowest BCUT2D eigenvalue weighted by Gasteiger charge is -2.31. The SMILES string of the molecule is CC(C)(C)c1ccccc1C(=O)N1CCC(Cl)CC1. The average Bonchev–Trinajstić information content (AvgIpc) is 2.38. The van der Waals surface area contributed by atoms with Gasteiger partial charge in [-0.2, -0.15) is 0 Å². The van der Waals surface area contributed by atoms with Crippen LogP contribution in [0.1, 0.15) is 49.5 Å². The Kier molecular flexibility index (Phi) is 4.19. The molecule has 19 heavy (non-hydrogen) atoms. The van der Waals surface area contributed by atoms with Crippen LogP contribution in [0.3, 0.4) is 0 Å². The number of hydrogen-bond donors (Lipinski definition) is 0. The van der Waals surface area contributed by atoms with Crippen molar-refractivity contribution in [3.63, 3.8) is 0 Å². The number of hydrogen-bond acceptors (Lipinski definition) is 1. The molecule has 1 heterocycles. The Morgan fingerprint density at radius 3 is 2.37 bits per heavy atom. The van der Waals surface area contributed by atoms with Crippen LogP contribution in [0, 0.1) is 0 Å². The molecule has 0 bridgehead atoms. The maximum atomic E-state index is 12.7. The first kappa shape index (κ1) is 14.4. The standard InChI is InChI=1S/C16H22ClNO/c1-16(2,3)14-7-5-4-6-13(14)15(19)18-10-8-12(17)9-11-18/h4-7,12H,8-11H2,1-3H3. The van der Waals surface area contributed by atoms with E-state index in [0.29, 0.717) is 0 Å². The van der Waals surface area contributed by atoms with E-state index in [1.165, 1.54) is 0 Å². The number of likely N-dealkylation sites (tertiary alicyclic amines) is 1. The highest BCUT2D eigenvalue weighted by molar-refractivity contribution is 6.20. The van der Waals surface area contributed by atoms with Crippen molar-refractivity contribution in [2.24, 2.45) is 0 Å². The van der Waals surface area contributed by atoms with Gasteiger partial charge in [0, 0.05) is 24.0 Å². The molecule has 1 saturated heterocycles. The van der Waals surface area contributed by atoms with Gasteiger partial charge >= 0.3 is 0 Å². The molecule has 0 aliphatic carbocycles. The first-order valence-corrected chi connectivity index (χ1v) is 7.36. The highest BCUT2D eigenvalue weighted by Gasteiger charge is 2.26. The van der Waals surface area contributed by atoms with Crippen LogP contribution >= 0.6 is 11.6 Å². The number of rotatable bonds is 1. The first-order chi connectivity index (χ1) is 8.89. The number of halogens is 1. The van der Waals surface area contributed by atoms with Gasteiger partial charge in [-0.1, -0.05) is 39.0 Å². The van der Waals surface area contributed by atoms with E-state index >= 15 is 0 Å². The molecule has 0 N–H and O–H groups in total. The van der Waals surface area contributed by atoms with Crippen molar-refractivity contribution >= 4 is 17.5 Å². The van der Waals surface area contributed by atoms with Crippen molar-refractivity contribution in [1.29, 1.82) is 0 Å². The minimum absolute atomic E-state index is 0.0168. The molecule has 3 heteroatoms. The van der Waals surface area contributed by atoms with Crippen LogP contribution in [-0.2, 0) is 5.41 Å². The highest BCUT2D eigenvalue weighted by atomic mass is 35.5. The van der Waals surface area contributed by atoms with Crippen molar-refractivity contribution in [3.05, 3.63) is 35.4 Å². The van der Waals surface area contributed by atoms with E-state index in [2.05, 4.69) is 26.8 Å². The third-order valence-electron chi connectivity index (χ3n) is 3.68. The summed E-state index contributed by atoms with van der Waals surface area (Å²) in [5.41, 5.74) is 1.94. The summed E-state index contributed by atoms with van der Waals surface area (Å²) in [5, 5.41) is 0.224. The lowest BCUT2D eigenvalue weighted by Crippen LogP contribution is -2.39. The van der Waals surface area contributed by atoms with Crippen LogP contribution in [0.25, 0.3) is 0 Å². The lowest BCUT2D eigenvalue weighted by atomic mass is 9.83. The second-order valence-corrected chi connectivity index (χ2v) is 6.88. The van der Waals surface area contributed by atoms with Crippen molar-refractivity contribution in [2.75, 3.05) is 13.1 Å². The maximum absolute atomic E-state index is 12.7. The molecule has 1 fully saturated rings. The molecule has 2 rings (SSSR count). The fourth-order valence-corrected chi connectivity index (χ4v) is 2.74. The number of nitrogens with zero attached hydrogens (tertiary/aromatic N) is 1. The van der Waals surface area contributed by atoms with Gasteiger partial charge < -0.3 is 4.90 Å². The van der Waals surface area contributed by atoms with Gasteiger partial charge in [-0.05, 0) is 29.9 Å². The summed E-state index contributed by atoms with van der Waals surface area (Å²) >= 11 is 6.10. The van der Waals surface area contributed by atoms with E-state index in [-0.39, 0.29) is 16.7 Å². The van der Waals surface area contributed by atoms with Crippen LogP contribution in [0.2, 0.25) is 0 Å². The van der Waals surface area contributed by atoms with Crippen LogP contribution in [-0.4, -0.2) is 29.3 Å². The monoisotopic (exact) mass is 279 g/mol. The summed E-state index contributed by atoms with van der Waals surface area (Å²) < 4.78 is 0. The summed E-state index contributed by atoms with van der Waals surface area (Å²) in [7, 11) is 0.